The van der Waals surface area contributed by atoms with Gasteiger partial charge in [-0.25, -0.2) is 0 Å². The summed E-state index contributed by atoms with van der Waals surface area (Å²) in [5, 5.41) is 0. The smallest absolute Gasteiger partial charge is 0.236 e. The molecule has 0 atom stereocenters. The lowest BCUT2D eigenvalue weighted by Gasteiger charge is -2.19. The molecule has 1 aliphatic heterocycles. The molecular formula is C9H17N3O2. The van der Waals surface area contributed by atoms with Crippen LogP contribution in [0, 0.1) is 0 Å². The fourth-order valence-electron chi connectivity index (χ4n) is 1.62. The van der Waals surface area contributed by atoms with Crippen molar-refractivity contribution in [2.45, 2.75) is 12.8 Å². The molecule has 0 spiro atoms. The molecule has 5 nitrogen and oxygen atoms in total. The van der Waals surface area contributed by atoms with Crippen molar-refractivity contribution in [3.05, 3.63) is 0 Å². The summed E-state index contributed by atoms with van der Waals surface area (Å²) in [5.74, 6) is -0.312. The van der Waals surface area contributed by atoms with Gasteiger partial charge in [-0.3, -0.25) is 14.5 Å². The Labute approximate surface area is 83.8 Å². The average molecular weight is 199 g/mol. The van der Waals surface area contributed by atoms with Crippen molar-refractivity contribution in [3.63, 3.8) is 0 Å². The van der Waals surface area contributed by atoms with Crippen molar-refractivity contribution in [2.24, 2.45) is 5.73 Å². The predicted octanol–water partition coefficient (Wildman–Crippen LogP) is -0.974. The molecule has 2 N–H and O–H groups in total. The zero-order valence-electron chi connectivity index (χ0n) is 8.53. The van der Waals surface area contributed by atoms with E-state index in [-0.39, 0.29) is 19.0 Å². The van der Waals surface area contributed by atoms with Crippen LogP contribution >= 0.6 is 0 Å². The van der Waals surface area contributed by atoms with Crippen LogP contribution in [0.5, 0.6) is 0 Å². The third-order valence-corrected chi connectivity index (χ3v) is 2.29. The van der Waals surface area contributed by atoms with E-state index < -0.39 is 5.91 Å². The zero-order chi connectivity index (χ0) is 10.6. The van der Waals surface area contributed by atoms with E-state index in [0.29, 0.717) is 0 Å². The van der Waals surface area contributed by atoms with Gasteiger partial charge in [-0.2, -0.15) is 0 Å². The van der Waals surface area contributed by atoms with E-state index >= 15 is 0 Å². The van der Waals surface area contributed by atoms with Crippen molar-refractivity contribution in [3.8, 4) is 0 Å². The highest BCUT2D eigenvalue weighted by Gasteiger charge is 2.19. The van der Waals surface area contributed by atoms with Crippen LogP contribution in [0.25, 0.3) is 0 Å². The van der Waals surface area contributed by atoms with Gasteiger partial charge < -0.3 is 10.6 Å². The lowest BCUT2D eigenvalue weighted by atomic mass is 10.4. The van der Waals surface area contributed by atoms with Crippen LogP contribution in [0.15, 0.2) is 0 Å². The third-order valence-electron chi connectivity index (χ3n) is 2.29. The number of nitrogens with two attached hydrogens (primary N) is 1. The van der Waals surface area contributed by atoms with Gasteiger partial charge in [0.1, 0.15) is 0 Å². The fourth-order valence-corrected chi connectivity index (χ4v) is 1.62. The number of hydrogen-bond acceptors (Lipinski definition) is 3. The SMILES string of the molecule is CN(CC(N)=O)CC(=O)N1CCCC1. The fraction of sp³-hybridized carbons (Fsp3) is 0.778. The minimum Gasteiger partial charge on any atom is -0.369 e. The van der Waals surface area contributed by atoms with E-state index in [4.69, 9.17) is 5.73 Å². The second kappa shape index (κ2) is 4.95. The Hall–Kier alpha value is -1.10. The summed E-state index contributed by atoms with van der Waals surface area (Å²) in [6.45, 7) is 2.12. The summed E-state index contributed by atoms with van der Waals surface area (Å²) in [6, 6.07) is 0. The number of primary amides is 1. The minimum absolute atomic E-state index is 0.0891. The number of likely N-dealkylation sites (N-methyl/N-ethyl adjacent to an activating group) is 1. The number of likely N-dealkylation sites (tertiary alicyclic amines) is 1. The standard InChI is InChI=1S/C9H17N3O2/c1-11(6-8(10)13)7-9(14)12-4-2-3-5-12/h2-7H2,1H3,(H2,10,13). The highest BCUT2D eigenvalue weighted by Crippen LogP contribution is 2.07. The highest BCUT2D eigenvalue weighted by atomic mass is 16.2. The molecule has 0 aromatic heterocycles. The lowest BCUT2D eigenvalue weighted by Crippen LogP contribution is -2.40. The molecule has 80 valence electrons. The van der Waals surface area contributed by atoms with Gasteiger partial charge in [0.05, 0.1) is 13.1 Å². The summed E-state index contributed by atoms with van der Waals surface area (Å²) in [5.41, 5.74) is 5.02. The molecule has 2 amide bonds. The summed E-state index contributed by atoms with van der Waals surface area (Å²) in [4.78, 5) is 25.6. The molecule has 14 heavy (non-hydrogen) atoms. The molecule has 0 aromatic rings. The van der Waals surface area contributed by atoms with Gasteiger partial charge in [-0.1, -0.05) is 0 Å². The molecule has 0 aromatic carbocycles. The molecule has 0 radical (unpaired) electrons. The number of carbonyl (C=O) groups is 2. The highest BCUT2D eigenvalue weighted by molar-refractivity contribution is 5.80. The van der Waals surface area contributed by atoms with Crippen LogP contribution in [-0.2, 0) is 9.59 Å². The topological polar surface area (TPSA) is 66.6 Å². The second-order valence-corrected chi connectivity index (χ2v) is 3.73. The van der Waals surface area contributed by atoms with Gasteiger partial charge in [0.25, 0.3) is 0 Å². The van der Waals surface area contributed by atoms with Gasteiger partial charge in [-0.05, 0) is 19.9 Å². The van der Waals surface area contributed by atoms with Crippen LogP contribution in [-0.4, -0.2) is 54.8 Å². The molecular weight excluding hydrogens is 182 g/mol. The average Bonchev–Trinajstić information content (AvgIpc) is 2.53. The molecule has 1 aliphatic rings. The summed E-state index contributed by atoms with van der Waals surface area (Å²) >= 11 is 0. The maximum atomic E-state index is 11.6. The maximum Gasteiger partial charge on any atom is 0.236 e. The maximum absolute atomic E-state index is 11.6. The largest absolute Gasteiger partial charge is 0.369 e. The first kappa shape index (κ1) is 11.0. The summed E-state index contributed by atoms with van der Waals surface area (Å²) in [7, 11) is 1.72. The monoisotopic (exact) mass is 199 g/mol. The Kier molecular flexibility index (Phi) is 3.88. The van der Waals surface area contributed by atoms with E-state index in [2.05, 4.69) is 0 Å². The third kappa shape index (κ3) is 3.33. The number of rotatable bonds is 4. The number of carbonyl (C=O) groups excluding carboxylic acids is 2. The summed E-state index contributed by atoms with van der Waals surface area (Å²) in [6.07, 6.45) is 2.18. The van der Waals surface area contributed by atoms with Crippen molar-refractivity contribution >= 4 is 11.8 Å². The quantitative estimate of drug-likeness (QED) is 0.633. The second-order valence-electron chi connectivity index (χ2n) is 3.73. The Morgan fingerprint density at radius 1 is 1.29 bits per heavy atom. The van der Waals surface area contributed by atoms with Crippen LogP contribution in [0.2, 0.25) is 0 Å². The van der Waals surface area contributed by atoms with Gasteiger partial charge >= 0.3 is 0 Å². The Balaban J connectivity index is 2.28. The van der Waals surface area contributed by atoms with Crippen molar-refractivity contribution in [2.75, 3.05) is 33.2 Å². The van der Waals surface area contributed by atoms with Crippen LogP contribution < -0.4 is 5.73 Å². The molecule has 1 saturated heterocycles. The molecule has 0 saturated carbocycles. The van der Waals surface area contributed by atoms with Gasteiger partial charge in [0.15, 0.2) is 0 Å². The molecule has 1 fully saturated rings. The number of hydrogen-bond donors (Lipinski definition) is 1. The molecule has 0 bridgehead atoms. The van der Waals surface area contributed by atoms with Crippen LogP contribution in [0.3, 0.4) is 0 Å². The normalized spacial score (nSPS) is 16.3. The van der Waals surface area contributed by atoms with E-state index in [9.17, 15) is 9.59 Å². The van der Waals surface area contributed by atoms with Crippen molar-refractivity contribution < 1.29 is 9.59 Å². The van der Waals surface area contributed by atoms with Gasteiger partial charge in [0, 0.05) is 13.1 Å². The molecule has 5 heteroatoms. The van der Waals surface area contributed by atoms with Crippen LogP contribution in [0.4, 0.5) is 0 Å². The predicted molar refractivity (Wildman–Crippen MR) is 52.5 cm³/mol. The molecule has 1 heterocycles. The Bertz CT molecular complexity index is 224. The molecule has 1 rings (SSSR count). The van der Waals surface area contributed by atoms with E-state index in [0.717, 1.165) is 25.9 Å². The zero-order valence-corrected chi connectivity index (χ0v) is 8.53. The van der Waals surface area contributed by atoms with Gasteiger partial charge in [-0.15, -0.1) is 0 Å². The lowest BCUT2D eigenvalue weighted by molar-refractivity contribution is -0.131. The first-order valence-electron chi connectivity index (χ1n) is 4.84. The van der Waals surface area contributed by atoms with E-state index in [1.807, 2.05) is 4.90 Å². The number of amides is 2. The van der Waals surface area contributed by atoms with Gasteiger partial charge in [0.2, 0.25) is 11.8 Å². The Morgan fingerprint density at radius 2 is 1.86 bits per heavy atom. The number of nitrogens with zero attached hydrogens (tertiary/aromatic N) is 2. The Morgan fingerprint density at radius 3 is 2.36 bits per heavy atom. The van der Waals surface area contributed by atoms with Crippen molar-refractivity contribution in [1.29, 1.82) is 0 Å². The van der Waals surface area contributed by atoms with E-state index in [1.165, 1.54) is 0 Å². The molecule has 0 unspecified atom stereocenters. The van der Waals surface area contributed by atoms with Crippen LogP contribution in [0.1, 0.15) is 12.8 Å². The first-order chi connectivity index (χ1) is 6.59. The first-order valence-corrected chi connectivity index (χ1v) is 4.84. The molecule has 0 aliphatic carbocycles. The van der Waals surface area contributed by atoms with E-state index in [1.54, 1.807) is 11.9 Å². The summed E-state index contributed by atoms with van der Waals surface area (Å²) < 4.78 is 0. The minimum atomic E-state index is -0.401. The van der Waals surface area contributed by atoms with Crippen molar-refractivity contribution in [1.82, 2.24) is 9.80 Å².